The van der Waals surface area contributed by atoms with Crippen molar-refractivity contribution in [1.29, 1.82) is 0 Å². The molecule has 126 valence electrons. The molecule has 0 saturated heterocycles. The summed E-state index contributed by atoms with van der Waals surface area (Å²) in [5.74, 6) is -0.785. The van der Waals surface area contributed by atoms with Crippen LogP contribution in [0.25, 0.3) is 11.0 Å². The normalized spacial score (nSPS) is 10.5. The summed E-state index contributed by atoms with van der Waals surface area (Å²) in [6.45, 7) is 1.40. The quantitative estimate of drug-likeness (QED) is 0.701. The van der Waals surface area contributed by atoms with Gasteiger partial charge in [0, 0.05) is 23.7 Å². The van der Waals surface area contributed by atoms with Crippen LogP contribution in [0, 0.1) is 0 Å². The Kier molecular flexibility index (Phi) is 4.54. The van der Waals surface area contributed by atoms with E-state index < -0.39 is 11.5 Å². The van der Waals surface area contributed by atoms with Gasteiger partial charge in [0.1, 0.15) is 5.56 Å². The molecule has 0 aliphatic carbocycles. The maximum absolute atomic E-state index is 12.4. The van der Waals surface area contributed by atoms with Crippen LogP contribution in [0.1, 0.15) is 17.3 Å². The van der Waals surface area contributed by atoms with Crippen molar-refractivity contribution in [3.8, 4) is 0 Å². The molecule has 2 N–H and O–H groups in total. The first-order valence-electron chi connectivity index (χ1n) is 7.35. The number of hydrogen-bond acceptors (Lipinski definition) is 4. The van der Waals surface area contributed by atoms with Gasteiger partial charge in [-0.3, -0.25) is 9.59 Å². The zero-order valence-electron chi connectivity index (χ0n) is 13.1. The van der Waals surface area contributed by atoms with Crippen molar-refractivity contribution in [2.24, 2.45) is 0 Å². The molecular formula is C18H13ClN2O4. The summed E-state index contributed by atoms with van der Waals surface area (Å²) >= 11 is 5.98. The fourth-order valence-electron chi connectivity index (χ4n) is 2.31. The molecule has 2 aromatic carbocycles. The van der Waals surface area contributed by atoms with Crippen molar-refractivity contribution >= 4 is 45.8 Å². The van der Waals surface area contributed by atoms with Crippen LogP contribution in [-0.4, -0.2) is 11.8 Å². The molecule has 6 nitrogen and oxygen atoms in total. The first kappa shape index (κ1) is 16.7. The van der Waals surface area contributed by atoms with Gasteiger partial charge in [-0.05, 0) is 36.4 Å². The number of carbonyl (C=O) groups is 2. The lowest BCUT2D eigenvalue weighted by molar-refractivity contribution is -0.114. The summed E-state index contributed by atoms with van der Waals surface area (Å²) in [7, 11) is 0. The highest BCUT2D eigenvalue weighted by atomic mass is 35.5. The minimum atomic E-state index is -0.770. The SMILES string of the molecule is CC(=O)Nc1ccc(NC(=O)c2cc3cccc(Cl)c3oc2=O)cc1. The second kappa shape index (κ2) is 6.78. The van der Waals surface area contributed by atoms with E-state index in [9.17, 15) is 14.4 Å². The molecule has 2 amide bonds. The van der Waals surface area contributed by atoms with Gasteiger partial charge in [0.15, 0.2) is 5.58 Å². The molecule has 1 heterocycles. The number of fused-ring (bicyclic) bond motifs is 1. The van der Waals surface area contributed by atoms with Crippen LogP contribution in [0.3, 0.4) is 0 Å². The maximum Gasteiger partial charge on any atom is 0.349 e. The molecule has 0 unspecified atom stereocenters. The van der Waals surface area contributed by atoms with Crippen LogP contribution in [0.2, 0.25) is 5.02 Å². The van der Waals surface area contributed by atoms with Gasteiger partial charge in [0.05, 0.1) is 5.02 Å². The highest BCUT2D eigenvalue weighted by Gasteiger charge is 2.15. The van der Waals surface area contributed by atoms with Crippen LogP contribution in [-0.2, 0) is 4.79 Å². The Labute approximate surface area is 147 Å². The van der Waals surface area contributed by atoms with Crippen molar-refractivity contribution in [3.05, 3.63) is 69.5 Å². The molecule has 0 spiro atoms. The molecule has 0 radical (unpaired) electrons. The fraction of sp³-hybridized carbons (Fsp3) is 0.0556. The average molecular weight is 357 g/mol. The van der Waals surface area contributed by atoms with Crippen LogP contribution >= 0.6 is 11.6 Å². The molecule has 0 saturated carbocycles. The van der Waals surface area contributed by atoms with E-state index >= 15 is 0 Å². The number of hydrogen-bond donors (Lipinski definition) is 2. The van der Waals surface area contributed by atoms with Crippen molar-refractivity contribution < 1.29 is 14.0 Å². The Morgan fingerprint density at radius 3 is 2.28 bits per heavy atom. The second-order valence-corrected chi connectivity index (χ2v) is 5.73. The second-order valence-electron chi connectivity index (χ2n) is 5.32. The summed E-state index contributed by atoms with van der Waals surface area (Å²) in [5, 5.41) is 6.09. The largest absolute Gasteiger partial charge is 0.421 e. The summed E-state index contributed by atoms with van der Waals surface area (Å²) in [6, 6.07) is 12.9. The summed E-state index contributed by atoms with van der Waals surface area (Å²) in [6.07, 6.45) is 0. The van der Waals surface area contributed by atoms with E-state index in [0.717, 1.165) is 0 Å². The minimum Gasteiger partial charge on any atom is -0.421 e. The number of carbonyl (C=O) groups excluding carboxylic acids is 2. The highest BCUT2D eigenvalue weighted by molar-refractivity contribution is 6.34. The molecule has 7 heteroatoms. The van der Waals surface area contributed by atoms with E-state index in [0.29, 0.717) is 21.8 Å². The molecule has 1 aromatic heterocycles. The van der Waals surface area contributed by atoms with E-state index in [2.05, 4.69) is 10.6 Å². The fourth-order valence-corrected chi connectivity index (χ4v) is 2.53. The van der Waals surface area contributed by atoms with E-state index in [1.54, 1.807) is 42.5 Å². The van der Waals surface area contributed by atoms with E-state index in [1.165, 1.54) is 13.0 Å². The Hall–Kier alpha value is -3.12. The summed E-state index contributed by atoms with van der Waals surface area (Å²) in [5.41, 5.74) is 0.425. The zero-order chi connectivity index (χ0) is 18.0. The number of benzene rings is 2. The lowest BCUT2D eigenvalue weighted by Gasteiger charge is -2.07. The van der Waals surface area contributed by atoms with Gasteiger partial charge in [0.25, 0.3) is 5.91 Å². The predicted octanol–water partition coefficient (Wildman–Crippen LogP) is 3.66. The van der Waals surface area contributed by atoms with Crippen LogP contribution < -0.4 is 16.3 Å². The maximum atomic E-state index is 12.4. The number of anilines is 2. The van der Waals surface area contributed by atoms with Gasteiger partial charge in [-0.25, -0.2) is 4.79 Å². The minimum absolute atomic E-state index is 0.124. The molecular weight excluding hydrogens is 344 g/mol. The van der Waals surface area contributed by atoms with Gasteiger partial charge < -0.3 is 15.1 Å². The average Bonchev–Trinajstić information content (AvgIpc) is 2.56. The first-order chi connectivity index (χ1) is 11.9. The summed E-state index contributed by atoms with van der Waals surface area (Å²) in [4.78, 5) is 35.4. The smallest absolute Gasteiger partial charge is 0.349 e. The zero-order valence-corrected chi connectivity index (χ0v) is 13.9. The molecule has 3 aromatic rings. The Morgan fingerprint density at radius 1 is 1.00 bits per heavy atom. The standard InChI is InChI=1S/C18H13ClN2O4/c1-10(22)20-12-5-7-13(8-6-12)21-17(23)14-9-11-3-2-4-15(19)16(11)25-18(14)24/h2-9H,1H3,(H,20,22)(H,21,23). The molecule has 0 aliphatic heterocycles. The van der Waals surface area contributed by atoms with E-state index in [-0.39, 0.29) is 17.1 Å². The molecule has 0 aliphatic rings. The van der Waals surface area contributed by atoms with Gasteiger partial charge in [-0.1, -0.05) is 23.7 Å². The predicted molar refractivity (Wildman–Crippen MR) is 96.2 cm³/mol. The van der Waals surface area contributed by atoms with Crippen LogP contribution in [0.5, 0.6) is 0 Å². The van der Waals surface area contributed by atoms with Gasteiger partial charge >= 0.3 is 5.63 Å². The van der Waals surface area contributed by atoms with Gasteiger partial charge in [0.2, 0.25) is 5.91 Å². The van der Waals surface area contributed by atoms with Crippen molar-refractivity contribution in [2.75, 3.05) is 10.6 Å². The van der Waals surface area contributed by atoms with Crippen LogP contribution in [0.4, 0.5) is 11.4 Å². The van der Waals surface area contributed by atoms with E-state index in [4.69, 9.17) is 16.0 Å². The third-order valence-electron chi connectivity index (χ3n) is 3.42. The third-order valence-corrected chi connectivity index (χ3v) is 3.72. The molecule has 0 fully saturated rings. The van der Waals surface area contributed by atoms with Crippen molar-refractivity contribution in [1.82, 2.24) is 0 Å². The number of amides is 2. The lowest BCUT2D eigenvalue weighted by Crippen LogP contribution is -2.20. The van der Waals surface area contributed by atoms with Gasteiger partial charge in [-0.15, -0.1) is 0 Å². The molecule has 25 heavy (non-hydrogen) atoms. The monoisotopic (exact) mass is 356 g/mol. The topological polar surface area (TPSA) is 88.4 Å². The Bertz CT molecular complexity index is 1030. The lowest BCUT2D eigenvalue weighted by atomic mass is 10.1. The Balaban J connectivity index is 1.86. The van der Waals surface area contributed by atoms with Crippen LogP contribution in [0.15, 0.2) is 57.7 Å². The Morgan fingerprint density at radius 2 is 1.64 bits per heavy atom. The van der Waals surface area contributed by atoms with Gasteiger partial charge in [-0.2, -0.15) is 0 Å². The molecule has 0 atom stereocenters. The van der Waals surface area contributed by atoms with E-state index in [1.807, 2.05) is 0 Å². The number of rotatable bonds is 3. The molecule has 3 rings (SSSR count). The first-order valence-corrected chi connectivity index (χ1v) is 7.73. The third kappa shape index (κ3) is 3.70. The highest BCUT2D eigenvalue weighted by Crippen LogP contribution is 2.22. The molecule has 0 bridgehead atoms. The van der Waals surface area contributed by atoms with Crippen molar-refractivity contribution in [2.45, 2.75) is 6.92 Å². The van der Waals surface area contributed by atoms with Crippen molar-refractivity contribution in [3.63, 3.8) is 0 Å². The number of halogens is 1. The summed E-state index contributed by atoms with van der Waals surface area (Å²) < 4.78 is 5.15. The number of para-hydroxylation sites is 1. The number of nitrogens with one attached hydrogen (secondary N) is 2.